The zero-order valence-corrected chi connectivity index (χ0v) is 13.8. The number of rotatable bonds is 2. The van der Waals surface area contributed by atoms with Crippen molar-refractivity contribution in [3.63, 3.8) is 0 Å². The number of nitrogens with zero attached hydrogens (tertiary/aromatic N) is 3. The summed E-state index contributed by atoms with van der Waals surface area (Å²) in [6, 6.07) is 9.73. The van der Waals surface area contributed by atoms with Gasteiger partial charge in [-0.25, -0.2) is 4.98 Å². The predicted octanol–water partition coefficient (Wildman–Crippen LogP) is 3.66. The zero-order chi connectivity index (χ0) is 16.9. The maximum Gasteiger partial charge on any atom is 0.236 e. The van der Waals surface area contributed by atoms with Gasteiger partial charge in [-0.05, 0) is 37.6 Å². The molecule has 1 amide bonds. The lowest BCUT2D eigenvalue weighted by Crippen LogP contribution is -2.33. The van der Waals surface area contributed by atoms with E-state index in [0.29, 0.717) is 5.89 Å². The first-order valence-electron chi connectivity index (χ1n) is 7.77. The molecule has 0 unspecified atom stereocenters. The molecule has 1 aliphatic rings. The van der Waals surface area contributed by atoms with Gasteiger partial charge in [0.2, 0.25) is 11.8 Å². The van der Waals surface area contributed by atoms with E-state index in [9.17, 15) is 4.79 Å². The first kappa shape index (κ1) is 14.6. The van der Waals surface area contributed by atoms with E-state index in [-0.39, 0.29) is 5.91 Å². The van der Waals surface area contributed by atoms with E-state index < -0.39 is 5.41 Å². The summed E-state index contributed by atoms with van der Waals surface area (Å²) in [5, 5.41) is 0. The molecule has 0 spiro atoms. The van der Waals surface area contributed by atoms with Crippen molar-refractivity contribution in [3.8, 4) is 22.7 Å². The highest BCUT2D eigenvalue weighted by Crippen LogP contribution is 2.42. The fourth-order valence-electron chi connectivity index (χ4n) is 3.17. The average Bonchev–Trinajstić information content (AvgIpc) is 3.16. The molecular weight excluding hydrogens is 302 g/mol. The van der Waals surface area contributed by atoms with Gasteiger partial charge in [-0.2, -0.15) is 0 Å². The van der Waals surface area contributed by atoms with Crippen molar-refractivity contribution in [2.75, 3.05) is 11.9 Å². The maximum absolute atomic E-state index is 12.4. The molecule has 3 heterocycles. The highest BCUT2D eigenvalue weighted by Gasteiger charge is 2.42. The fourth-order valence-corrected chi connectivity index (χ4v) is 3.17. The van der Waals surface area contributed by atoms with Crippen LogP contribution in [0.5, 0.6) is 0 Å². The van der Waals surface area contributed by atoms with Crippen LogP contribution in [0.3, 0.4) is 0 Å². The Labute approximate surface area is 140 Å². The van der Waals surface area contributed by atoms with Crippen LogP contribution < -0.4 is 4.90 Å². The quantitative estimate of drug-likeness (QED) is 0.723. The number of carbonyl (C=O) groups is 1. The molecule has 3 aromatic rings. The lowest BCUT2D eigenvalue weighted by atomic mass is 9.86. The van der Waals surface area contributed by atoms with Crippen molar-refractivity contribution >= 4 is 11.6 Å². The Kier molecular flexibility index (Phi) is 3.06. The molecule has 0 saturated heterocycles. The molecule has 0 radical (unpaired) electrons. The minimum Gasteiger partial charge on any atom is -0.444 e. The highest BCUT2D eigenvalue weighted by atomic mass is 16.3. The molecule has 5 nitrogen and oxygen atoms in total. The number of hydrogen-bond donors (Lipinski definition) is 0. The van der Waals surface area contributed by atoms with Gasteiger partial charge in [-0.1, -0.05) is 12.1 Å². The van der Waals surface area contributed by atoms with Crippen molar-refractivity contribution in [2.45, 2.75) is 19.3 Å². The van der Waals surface area contributed by atoms with Crippen molar-refractivity contribution in [3.05, 3.63) is 54.6 Å². The van der Waals surface area contributed by atoms with E-state index in [1.807, 2.05) is 51.2 Å². The number of amides is 1. The second-order valence-electron chi connectivity index (χ2n) is 6.50. The smallest absolute Gasteiger partial charge is 0.236 e. The van der Waals surface area contributed by atoms with E-state index in [2.05, 4.69) is 9.97 Å². The van der Waals surface area contributed by atoms with Crippen LogP contribution >= 0.6 is 0 Å². The number of benzene rings is 1. The molecule has 2 aromatic heterocycles. The second-order valence-corrected chi connectivity index (χ2v) is 6.50. The Morgan fingerprint density at radius 1 is 1.17 bits per heavy atom. The lowest BCUT2D eigenvalue weighted by molar-refractivity contribution is -0.121. The topological polar surface area (TPSA) is 59.2 Å². The normalized spacial score (nSPS) is 15.6. The van der Waals surface area contributed by atoms with Crippen LogP contribution in [0.15, 0.2) is 53.4 Å². The lowest BCUT2D eigenvalue weighted by Gasteiger charge is -2.16. The molecule has 0 bridgehead atoms. The molecule has 0 atom stereocenters. The molecule has 1 aliphatic heterocycles. The van der Waals surface area contributed by atoms with Crippen molar-refractivity contribution in [1.82, 2.24) is 9.97 Å². The monoisotopic (exact) mass is 319 g/mol. The van der Waals surface area contributed by atoms with Gasteiger partial charge in [-0.15, -0.1) is 0 Å². The molecule has 0 aliphatic carbocycles. The number of anilines is 1. The molecule has 4 rings (SSSR count). The third-order valence-corrected chi connectivity index (χ3v) is 4.58. The molecule has 0 N–H and O–H groups in total. The Morgan fingerprint density at radius 3 is 2.75 bits per heavy atom. The van der Waals surface area contributed by atoms with Gasteiger partial charge < -0.3 is 9.32 Å². The largest absolute Gasteiger partial charge is 0.444 e. The molecular formula is C19H17N3O2. The molecule has 24 heavy (non-hydrogen) atoms. The Hall–Kier alpha value is -2.95. The van der Waals surface area contributed by atoms with E-state index >= 15 is 0 Å². The molecule has 5 heteroatoms. The van der Waals surface area contributed by atoms with Gasteiger partial charge in [-0.3, -0.25) is 9.78 Å². The zero-order valence-electron chi connectivity index (χ0n) is 13.8. The van der Waals surface area contributed by atoms with Crippen molar-refractivity contribution in [1.29, 1.82) is 0 Å². The maximum atomic E-state index is 12.4. The van der Waals surface area contributed by atoms with Crippen molar-refractivity contribution < 1.29 is 9.21 Å². The van der Waals surface area contributed by atoms with Crippen LogP contribution in [-0.2, 0) is 10.2 Å². The number of aromatic nitrogens is 2. The molecule has 120 valence electrons. The van der Waals surface area contributed by atoms with E-state index in [1.54, 1.807) is 23.6 Å². The van der Waals surface area contributed by atoms with Crippen LogP contribution in [-0.4, -0.2) is 22.9 Å². The summed E-state index contributed by atoms with van der Waals surface area (Å²) < 4.78 is 5.58. The highest BCUT2D eigenvalue weighted by molar-refractivity contribution is 6.07. The summed E-state index contributed by atoms with van der Waals surface area (Å²) >= 11 is 0. The second kappa shape index (κ2) is 5.03. The number of hydrogen-bond acceptors (Lipinski definition) is 4. The number of oxazole rings is 1. The van der Waals surface area contributed by atoms with Gasteiger partial charge in [0.25, 0.3) is 0 Å². The van der Waals surface area contributed by atoms with E-state index in [1.165, 1.54) is 0 Å². The first-order chi connectivity index (χ1) is 11.5. The summed E-state index contributed by atoms with van der Waals surface area (Å²) in [5.41, 5.74) is 3.96. The number of carbonyl (C=O) groups excluding carboxylic acids is 1. The third-order valence-electron chi connectivity index (χ3n) is 4.58. The Bertz CT molecular complexity index is 929. The van der Waals surface area contributed by atoms with E-state index in [0.717, 1.165) is 28.1 Å². The molecule has 0 fully saturated rings. The first-order valence-corrected chi connectivity index (χ1v) is 7.77. The SMILES string of the molecule is CN1C(=O)C(C)(C)c2ccc(-c3coc(-c4cccnc4)n3)cc21. The van der Waals surface area contributed by atoms with Crippen LogP contribution in [0.2, 0.25) is 0 Å². The summed E-state index contributed by atoms with van der Waals surface area (Å²) in [4.78, 5) is 22.7. The standard InChI is InChI=1S/C19H17N3O2/c1-19(2)14-7-6-12(9-16(14)22(3)18(19)23)15-11-24-17(21-15)13-5-4-8-20-10-13/h4-11H,1-3H3. The number of fused-ring (bicyclic) bond motifs is 1. The predicted molar refractivity (Wildman–Crippen MR) is 91.6 cm³/mol. The summed E-state index contributed by atoms with van der Waals surface area (Å²) in [6.07, 6.45) is 5.06. The van der Waals surface area contributed by atoms with E-state index in [4.69, 9.17) is 4.42 Å². The minimum atomic E-state index is -0.493. The van der Waals surface area contributed by atoms with Gasteiger partial charge >= 0.3 is 0 Å². The summed E-state index contributed by atoms with van der Waals surface area (Å²) in [7, 11) is 1.81. The van der Waals surface area contributed by atoms with Gasteiger partial charge in [0, 0.05) is 30.7 Å². The third kappa shape index (κ3) is 2.05. The summed E-state index contributed by atoms with van der Waals surface area (Å²) in [6.45, 7) is 3.90. The van der Waals surface area contributed by atoms with Gasteiger partial charge in [0.1, 0.15) is 12.0 Å². The van der Waals surface area contributed by atoms with Crippen molar-refractivity contribution in [2.24, 2.45) is 0 Å². The Balaban J connectivity index is 1.75. The van der Waals surface area contributed by atoms with Crippen LogP contribution in [0.4, 0.5) is 5.69 Å². The fraction of sp³-hybridized carbons (Fsp3) is 0.211. The van der Waals surface area contributed by atoms with Gasteiger partial charge in [0.05, 0.1) is 11.0 Å². The number of likely N-dealkylation sites (N-methyl/N-ethyl adjacent to an activating group) is 1. The number of pyridine rings is 1. The molecule has 1 aromatic carbocycles. The van der Waals surface area contributed by atoms with Gasteiger partial charge in [0.15, 0.2) is 0 Å². The molecule has 0 saturated carbocycles. The Morgan fingerprint density at radius 2 is 2.00 bits per heavy atom. The van der Waals surface area contributed by atoms with Crippen LogP contribution in [0.1, 0.15) is 19.4 Å². The van der Waals surface area contributed by atoms with Crippen LogP contribution in [0, 0.1) is 0 Å². The van der Waals surface area contributed by atoms with Crippen LogP contribution in [0.25, 0.3) is 22.7 Å². The minimum absolute atomic E-state index is 0.103. The summed E-state index contributed by atoms with van der Waals surface area (Å²) in [5.74, 6) is 0.634. The average molecular weight is 319 g/mol.